The predicted octanol–water partition coefficient (Wildman–Crippen LogP) is 3.55. The minimum Gasteiger partial charge on any atom is -0.508 e. The van der Waals surface area contributed by atoms with Gasteiger partial charge in [-0.25, -0.2) is 9.55 Å². The third kappa shape index (κ3) is 3.04. The van der Waals surface area contributed by atoms with Crippen LogP contribution in [0, 0.1) is 0 Å². The molecule has 4 aromatic rings. The van der Waals surface area contributed by atoms with Crippen molar-refractivity contribution >= 4 is 22.7 Å². The Bertz CT molecular complexity index is 1200. The first-order valence-corrected chi connectivity index (χ1v) is 8.26. The second-order valence-electron chi connectivity index (χ2n) is 5.89. The van der Waals surface area contributed by atoms with E-state index in [0.717, 1.165) is 0 Å². The summed E-state index contributed by atoms with van der Waals surface area (Å²) in [6, 6.07) is 18.5. The van der Waals surface area contributed by atoms with Crippen LogP contribution in [-0.2, 0) is 0 Å². The molecule has 0 saturated carbocycles. The van der Waals surface area contributed by atoms with E-state index in [9.17, 15) is 15.0 Å². The lowest BCUT2D eigenvalue weighted by molar-refractivity contribution is 0.435. The second kappa shape index (κ2) is 6.76. The number of phenols is 1. The fourth-order valence-electron chi connectivity index (χ4n) is 2.87. The molecule has 0 unspecified atom stereocenters. The predicted molar refractivity (Wildman–Crippen MR) is 104 cm³/mol. The molecular formula is C21H15N3O3. The average molecular weight is 357 g/mol. The number of rotatable bonds is 3. The Labute approximate surface area is 154 Å². The molecule has 2 aromatic carbocycles. The van der Waals surface area contributed by atoms with E-state index in [1.807, 2.05) is 0 Å². The number of pyridine rings is 2. The summed E-state index contributed by atoms with van der Waals surface area (Å²) in [5.41, 5.74) is 0.652. The maximum atomic E-state index is 12.9. The molecule has 4 rings (SSSR count). The Hall–Kier alpha value is -3.93. The summed E-state index contributed by atoms with van der Waals surface area (Å²) in [5, 5.41) is 21.3. The number of aliphatic imine (C=N–C) groups is 1. The van der Waals surface area contributed by atoms with Crippen molar-refractivity contribution in [3.8, 4) is 17.4 Å². The molecule has 0 amide bonds. The molecule has 0 aliphatic carbocycles. The highest BCUT2D eigenvalue weighted by Gasteiger charge is 2.16. The number of hydrogen-bond donors (Lipinski definition) is 2. The smallest absolute Gasteiger partial charge is 0.267 e. The number of hydrogen-bond acceptors (Lipinski definition) is 5. The highest BCUT2D eigenvalue weighted by atomic mass is 16.3. The van der Waals surface area contributed by atoms with Crippen LogP contribution in [0.2, 0.25) is 0 Å². The molecule has 2 N–H and O–H groups in total. The molecule has 132 valence electrons. The van der Waals surface area contributed by atoms with E-state index in [-0.39, 0.29) is 17.2 Å². The van der Waals surface area contributed by atoms with Gasteiger partial charge in [-0.15, -0.1) is 0 Å². The van der Waals surface area contributed by atoms with Gasteiger partial charge in [0.15, 0.2) is 0 Å². The SMILES string of the molecule is O=c1c2ccccc2c(C=Nc2ccc(O)cc2)c(O)n1-c1ccccn1. The quantitative estimate of drug-likeness (QED) is 0.549. The molecular weight excluding hydrogens is 342 g/mol. The van der Waals surface area contributed by atoms with E-state index in [1.54, 1.807) is 60.8 Å². The summed E-state index contributed by atoms with van der Waals surface area (Å²) >= 11 is 0. The number of aromatic hydroxyl groups is 2. The Balaban J connectivity index is 1.96. The summed E-state index contributed by atoms with van der Waals surface area (Å²) in [7, 11) is 0. The maximum Gasteiger partial charge on any atom is 0.267 e. The lowest BCUT2D eigenvalue weighted by atomic mass is 10.1. The second-order valence-corrected chi connectivity index (χ2v) is 5.89. The maximum absolute atomic E-state index is 12.9. The average Bonchev–Trinajstić information content (AvgIpc) is 2.70. The molecule has 0 bridgehead atoms. The van der Waals surface area contributed by atoms with E-state index in [4.69, 9.17) is 0 Å². The van der Waals surface area contributed by atoms with Crippen molar-refractivity contribution in [1.82, 2.24) is 9.55 Å². The van der Waals surface area contributed by atoms with Gasteiger partial charge in [0, 0.05) is 23.2 Å². The van der Waals surface area contributed by atoms with Crippen LogP contribution in [0.5, 0.6) is 11.6 Å². The summed E-state index contributed by atoms with van der Waals surface area (Å²) in [5.74, 6) is 0.232. The zero-order chi connectivity index (χ0) is 18.8. The number of fused-ring (bicyclic) bond motifs is 1. The number of phenolic OH excluding ortho intramolecular Hbond substituents is 1. The lowest BCUT2D eigenvalue weighted by Gasteiger charge is -2.12. The number of aromatic nitrogens is 2. The first-order chi connectivity index (χ1) is 13.1. The Morgan fingerprint density at radius 1 is 0.889 bits per heavy atom. The van der Waals surface area contributed by atoms with Crippen molar-refractivity contribution in [2.24, 2.45) is 4.99 Å². The van der Waals surface area contributed by atoms with Crippen LogP contribution < -0.4 is 5.56 Å². The minimum atomic E-state index is -0.358. The molecule has 2 heterocycles. The van der Waals surface area contributed by atoms with Gasteiger partial charge in [0.25, 0.3) is 5.56 Å². The fraction of sp³-hybridized carbons (Fsp3) is 0. The van der Waals surface area contributed by atoms with Crippen molar-refractivity contribution in [1.29, 1.82) is 0 Å². The highest BCUT2D eigenvalue weighted by molar-refractivity contribution is 6.02. The molecule has 0 aliphatic heterocycles. The van der Waals surface area contributed by atoms with Gasteiger partial charge in [0.2, 0.25) is 5.88 Å². The van der Waals surface area contributed by atoms with Crippen molar-refractivity contribution in [2.45, 2.75) is 0 Å². The third-order valence-corrected chi connectivity index (χ3v) is 4.17. The van der Waals surface area contributed by atoms with Gasteiger partial charge in [0.1, 0.15) is 11.6 Å². The van der Waals surface area contributed by atoms with E-state index in [0.29, 0.717) is 27.8 Å². The zero-order valence-electron chi connectivity index (χ0n) is 14.1. The standard InChI is InChI=1S/C21H15N3O3/c25-15-10-8-14(9-11-15)23-13-18-16-5-1-2-6-17(16)20(26)24(21(18)27)19-7-3-4-12-22-19/h1-13,25,27H. The fourth-order valence-corrected chi connectivity index (χ4v) is 2.87. The molecule has 0 spiro atoms. The van der Waals surface area contributed by atoms with Crippen molar-refractivity contribution in [3.63, 3.8) is 0 Å². The molecule has 0 fully saturated rings. The molecule has 6 nitrogen and oxygen atoms in total. The van der Waals surface area contributed by atoms with E-state index >= 15 is 0 Å². The van der Waals surface area contributed by atoms with Gasteiger partial charge in [-0.3, -0.25) is 9.79 Å². The zero-order valence-corrected chi connectivity index (χ0v) is 14.1. The third-order valence-electron chi connectivity index (χ3n) is 4.17. The van der Waals surface area contributed by atoms with Gasteiger partial charge in [-0.05, 0) is 42.5 Å². The van der Waals surface area contributed by atoms with Crippen LogP contribution in [0.3, 0.4) is 0 Å². The molecule has 2 aromatic heterocycles. The first kappa shape index (κ1) is 16.5. The van der Waals surface area contributed by atoms with Crippen LogP contribution in [0.1, 0.15) is 5.56 Å². The first-order valence-electron chi connectivity index (χ1n) is 8.26. The summed E-state index contributed by atoms with van der Waals surface area (Å²) in [6.45, 7) is 0. The minimum absolute atomic E-state index is 0.144. The van der Waals surface area contributed by atoms with Crippen LogP contribution >= 0.6 is 0 Å². The normalized spacial score (nSPS) is 11.3. The van der Waals surface area contributed by atoms with Crippen molar-refractivity contribution in [3.05, 3.63) is 88.8 Å². The summed E-state index contributed by atoms with van der Waals surface area (Å²) in [4.78, 5) is 21.4. The van der Waals surface area contributed by atoms with Gasteiger partial charge in [0.05, 0.1) is 11.3 Å². The van der Waals surface area contributed by atoms with Crippen LogP contribution in [0.4, 0.5) is 5.69 Å². The topological polar surface area (TPSA) is 87.7 Å². The van der Waals surface area contributed by atoms with Crippen molar-refractivity contribution < 1.29 is 10.2 Å². The highest BCUT2D eigenvalue weighted by Crippen LogP contribution is 2.26. The molecule has 0 radical (unpaired) electrons. The molecule has 0 atom stereocenters. The van der Waals surface area contributed by atoms with Gasteiger partial charge >= 0.3 is 0 Å². The number of benzene rings is 2. The Morgan fingerprint density at radius 3 is 2.30 bits per heavy atom. The Morgan fingerprint density at radius 2 is 1.59 bits per heavy atom. The Kier molecular flexibility index (Phi) is 4.14. The van der Waals surface area contributed by atoms with Gasteiger partial charge in [-0.2, -0.15) is 0 Å². The summed E-state index contributed by atoms with van der Waals surface area (Å²) in [6.07, 6.45) is 3.06. The molecule has 6 heteroatoms. The van der Waals surface area contributed by atoms with E-state index in [1.165, 1.54) is 22.9 Å². The van der Waals surface area contributed by atoms with Gasteiger partial charge < -0.3 is 10.2 Å². The van der Waals surface area contributed by atoms with E-state index < -0.39 is 0 Å². The summed E-state index contributed by atoms with van der Waals surface area (Å²) < 4.78 is 1.17. The molecule has 27 heavy (non-hydrogen) atoms. The van der Waals surface area contributed by atoms with Crippen molar-refractivity contribution in [2.75, 3.05) is 0 Å². The lowest BCUT2D eigenvalue weighted by Crippen LogP contribution is -2.20. The largest absolute Gasteiger partial charge is 0.508 e. The monoisotopic (exact) mass is 357 g/mol. The van der Waals surface area contributed by atoms with Gasteiger partial charge in [-0.1, -0.05) is 24.3 Å². The number of nitrogens with zero attached hydrogens (tertiary/aromatic N) is 3. The van der Waals surface area contributed by atoms with Crippen LogP contribution in [0.15, 0.2) is 82.7 Å². The molecule has 0 aliphatic rings. The van der Waals surface area contributed by atoms with E-state index in [2.05, 4.69) is 9.98 Å². The molecule has 0 saturated heterocycles. The van der Waals surface area contributed by atoms with Crippen LogP contribution in [0.25, 0.3) is 16.6 Å². The van der Waals surface area contributed by atoms with Crippen LogP contribution in [-0.4, -0.2) is 26.0 Å².